The maximum atomic E-state index is 12.0. The molecular weight excluding hydrogens is 325 g/mol. The highest BCUT2D eigenvalue weighted by Crippen LogP contribution is 2.15. The van der Waals surface area contributed by atoms with Crippen LogP contribution in [-0.2, 0) is 4.57 Å². The van der Waals surface area contributed by atoms with Crippen molar-refractivity contribution in [2.45, 2.75) is 20.8 Å². The standard InChI is InChI=1S/C13H9NO3.C3H8OP.C2H6/c15-13(10-4-2-1-3-5-10)11-6-8-12(9-7-11)14(16)17;1-3-5(2)4;1-2/h1-9H;3H2,1-2H3;1-2H3/q;+1;. The molecular formula is C18H23NO4P+. The van der Waals surface area contributed by atoms with Crippen LogP contribution >= 0.6 is 7.80 Å². The second-order valence-electron chi connectivity index (χ2n) is 4.44. The molecule has 128 valence electrons. The highest BCUT2D eigenvalue weighted by atomic mass is 31.1. The zero-order chi connectivity index (χ0) is 18.5. The minimum Gasteiger partial charge on any atom is -0.289 e. The second kappa shape index (κ2) is 12.1. The number of carbonyl (C=O) groups is 1. The quantitative estimate of drug-likeness (QED) is 0.324. The Balaban J connectivity index is 0.000000650. The highest BCUT2D eigenvalue weighted by molar-refractivity contribution is 7.43. The first-order valence-electron chi connectivity index (χ1n) is 7.68. The van der Waals surface area contributed by atoms with Crippen molar-refractivity contribution in [2.75, 3.05) is 12.8 Å². The average molecular weight is 348 g/mol. The first kappa shape index (κ1) is 21.6. The fourth-order valence-electron chi connectivity index (χ4n) is 1.49. The Morgan fingerprint density at radius 3 is 1.79 bits per heavy atom. The van der Waals surface area contributed by atoms with Crippen molar-refractivity contribution in [1.29, 1.82) is 0 Å². The van der Waals surface area contributed by atoms with Crippen molar-refractivity contribution in [3.05, 3.63) is 75.8 Å². The summed E-state index contributed by atoms with van der Waals surface area (Å²) in [5.74, 6) is -0.138. The van der Waals surface area contributed by atoms with Crippen LogP contribution in [-0.4, -0.2) is 23.5 Å². The average Bonchev–Trinajstić information content (AvgIpc) is 2.64. The lowest BCUT2D eigenvalue weighted by Crippen LogP contribution is -2.00. The van der Waals surface area contributed by atoms with Crippen LogP contribution in [0.2, 0.25) is 0 Å². The van der Waals surface area contributed by atoms with Gasteiger partial charge in [0.25, 0.3) is 5.69 Å². The molecule has 0 aliphatic heterocycles. The van der Waals surface area contributed by atoms with Gasteiger partial charge in [-0.25, -0.2) is 0 Å². The van der Waals surface area contributed by atoms with E-state index in [0.717, 1.165) is 6.16 Å². The van der Waals surface area contributed by atoms with E-state index in [2.05, 4.69) is 0 Å². The smallest absolute Gasteiger partial charge is 0.289 e. The highest BCUT2D eigenvalue weighted by Gasteiger charge is 2.10. The SMILES string of the molecule is CC.CC[P+](C)=O.O=C(c1ccccc1)c1ccc([N+](=O)[O-])cc1. The molecule has 0 radical (unpaired) electrons. The number of carbonyl (C=O) groups excluding carboxylic acids is 1. The zero-order valence-electron chi connectivity index (χ0n) is 14.4. The summed E-state index contributed by atoms with van der Waals surface area (Å²) in [6.45, 7) is 7.65. The third-order valence-corrected chi connectivity index (χ3v) is 3.71. The third-order valence-electron chi connectivity index (χ3n) is 2.82. The summed E-state index contributed by atoms with van der Waals surface area (Å²) in [6.07, 6.45) is 0.815. The predicted octanol–water partition coefficient (Wildman–Crippen LogP) is 5.32. The van der Waals surface area contributed by atoms with Gasteiger partial charge in [-0.15, -0.1) is 0 Å². The summed E-state index contributed by atoms with van der Waals surface area (Å²) in [7, 11) is -0.848. The van der Waals surface area contributed by atoms with E-state index >= 15 is 0 Å². The molecule has 0 bridgehead atoms. The Kier molecular flexibility index (Phi) is 10.9. The van der Waals surface area contributed by atoms with Gasteiger partial charge in [0.2, 0.25) is 0 Å². The number of hydrogen-bond donors (Lipinski definition) is 0. The Morgan fingerprint density at radius 2 is 1.42 bits per heavy atom. The van der Waals surface area contributed by atoms with Gasteiger partial charge in [-0.3, -0.25) is 14.9 Å². The van der Waals surface area contributed by atoms with Gasteiger partial charge >= 0.3 is 7.80 Å². The van der Waals surface area contributed by atoms with Crippen molar-refractivity contribution in [3.63, 3.8) is 0 Å². The minimum atomic E-state index is -0.848. The summed E-state index contributed by atoms with van der Waals surface area (Å²) < 4.78 is 9.96. The molecule has 1 atom stereocenters. The van der Waals surface area contributed by atoms with Gasteiger partial charge in [-0.1, -0.05) is 48.7 Å². The van der Waals surface area contributed by atoms with Crippen LogP contribution in [0.25, 0.3) is 0 Å². The molecule has 0 fully saturated rings. The Bertz CT molecular complexity index is 654. The van der Waals surface area contributed by atoms with Gasteiger partial charge in [-0.2, -0.15) is 0 Å². The van der Waals surface area contributed by atoms with Crippen molar-refractivity contribution in [2.24, 2.45) is 0 Å². The van der Waals surface area contributed by atoms with Gasteiger partial charge in [0.15, 0.2) is 5.78 Å². The van der Waals surface area contributed by atoms with Crippen LogP contribution in [0.5, 0.6) is 0 Å². The summed E-state index contributed by atoms with van der Waals surface area (Å²) in [5, 5.41) is 10.5. The molecule has 0 aliphatic carbocycles. The molecule has 0 N–H and O–H groups in total. The van der Waals surface area contributed by atoms with E-state index in [1.54, 1.807) is 30.9 Å². The van der Waals surface area contributed by atoms with E-state index in [1.165, 1.54) is 24.3 Å². The van der Waals surface area contributed by atoms with Gasteiger partial charge in [0.05, 0.1) is 4.92 Å². The molecule has 0 saturated carbocycles. The van der Waals surface area contributed by atoms with E-state index in [1.807, 2.05) is 26.8 Å². The molecule has 0 aliphatic rings. The topological polar surface area (TPSA) is 77.3 Å². The normalized spacial score (nSPS) is 9.58. The Hall–Kier alpha value is -2.39. The van der Waals surface area contributed by atoms with Crippen molar-refractivity contribution in [1.82, 2.24) is 0 Å². The lowest BCUT2D eigenvalue weighted by molar-refractivity contribution is -0.384. The number of nitro groups is 1. The molecule has 2 aromatic carbocycles. The van der Waals surface area contributed by atoms with Gasteiger partial charge in [0.1, 0.15) is 12.8 Å². The predicted molar refractivity (Wildman–Crippen MR) is 98.4 cm³/mol. The number of hydrogen-bond acceptors (Lipinski definition) is 4. The lowest BCUT2D eigenvalue weighted by Gasteiger charge is -2.00. The Morgan fingerprint density at radius 1 is 1.00 bits per heavy atom. The molecule has 5 nitrogen and oxygen atoms in total. The fourth-order valence-corrected chi connectivity index (χ4v) is 1.49. The lowest BCUT2D eigenvalue weighted by atomic mass is 10.0. The summed E-state index contributed by atoms with van der Waals surface area (Å²) in [6, 6.07) is 14.4. The van der Waals surface area contributed by atoms with Crippen LogP contribution in [0.4, 0.5) is 5.69 Å². The van der Waals surface area contributed by atoms with Crippen LogP contribution in [0.1, 0.15) is 36.7 Å². The van der Waals surface area contributed by atoms with Gasteiger partial charge in [0, 0.05) is 23.3 Å². The number of nitro benzene ring substituents is 1. The van der Waals surface area contributed by atoms with Crippen LogP contribution < -0.4 is 0 Å². The second-order valence-corrected chi connectivity index (χ2v) is 6.33. The first-order valence-corrected chi connectivity index (χ1v) is 9.57. The summed E-state index contributed by atoms with van der Waals surface area (Å²) in [5.41, 5.74) is 0.998. The monoisotopic (exact) mass is 348 g/mol. The van der Waals surface area contributed by atoms with E-state index in [4.69, 9.17) is 0 Å². The fraction of sp³-hybridized carbons (Fsp3) is 0.278. The van der Waals surface area contributed by atoms with E-state index in [9.17, 15) is 19.5 Å². The van der Waals surface area contributed by atoms with Crippen molar-refractivity contribution < 1.29 is 14.3 Å². The van der Waals surface area contributed by atoms with Crippen LogP contribution in [0.15, 0.2) is 54.6 Å². The molecule has 0 aromatic heterocycles. The number of rotatable bonds is 4. The maximum Gasteiger partial charge on any atom is 0.335 e. The Labute approximate surface area is 143 Å². The summed E-state index contributed by atoms with van der Waals surface area (Å²) in [4.78, 5) is 21.9. The van der Waals surface area contributed by atoms with E-state index < -0.39 is 12.7 Å². The third kappa shape index (κ3) is 7.75. The number of ketones is 1. The number of nitrogens with zero attached hydrogens (tertiary/aromatic N) is 1. The largest absolute Gasteiger partial charge is 0.335 e. The van der Waals surface area contributed by atoms with Crippen LogP contribution in [0, 0.1) is 10.1 Å². The van der Waals surface area contributed by atoms with Gasteiger partial charge in [-0.05, 0) is 19.1 Å². The number of benzene rings is 2. The van der Waals surface area contributed by atoms with E-state index in [0.29, 0.717) is 11.1 Å². The molecule has 6 heteroatoms. The molecule has 0 amide bonds. The zero-order valence-corrected chi connectivity index (χ0v) is 15.3. The van der Waals surface area contributed by atoms with Gasteiger partial charge < -0.3 is 0 Å². The molecule has 24 heavy (non-hydrogen) atoms. The molecule has 0 heterocycles. The van der Waals surface area contributed by atoms with Crippen LogP contribution in [0.3, 0.4) is 0 Å². The van der Waals surface area contributed by atoms with Crippen molar-refractivity contribution >= 4 is 19.3 Å². The maximum absolute atomic E-state index is 12.0. The van der Waals surface area contributed by atoms with E-state index in [-0.39, 0.29) is 11.5 Å². The molecule has 0 saturated heterocycles. The molecule has 2 aromatic rings. The molecule has 2 rings (SSSR count). The number of non-ortho nitro benzene ring substituents is 1. The summed E-state index contributed by atoms with van der Waals surface area (Å²) >= 11 is 0. The first-order chi connectivity index (χ1) is 11.5. The molecule has 1 unspecified atom stereocenters. The molecule has 0 spiro atoms. The minimum absolute atomic E-state index is 0.0189. The van der Waals surface area contributed by atoms with Crippen molar-refractivity contribution in [3.8, 4) is 0 Å².